The number of rotatable bonds is 3. The van der Waals surface area contributed by atoms with E-state index < -0.39 is 7.29 Å². The Kier molecular flexibility index (Phi) is 4.26. The summed E-state index contributed by atoms with van der Waals surface area (Å²) in [6.07, 6.45) is 0. The summed E-state index contributed by atoms with van der Waals surface area (Å²) in [6, 6.07) is 15.4. The number of amides is 2. The standard InChI is InChI=1S/C17H19N2O2PS/c1-12(2)19-17(20)18-15-10-9-14(11-16(15)22(19,3)21)23-13-7-5-4-6-8-13/h4-12H,1-3H3,(H,18,20). The highest BCUT2D eigenvalue weighted by Crippen LogP contribution is 2.51. The topological polar surface area (TPSA) is 49.4 Å². The Balaban J connectivity index is 2.01. The zero-order valence-electron chi connectivity index (χ0n) is 13.3. The fourth-order valence-electron chi connectivity index (χ4n) is 2.79. The van der Waals surface area contributed by atoms with Crippen molar-refractivity contribution in [3.05, 3.63) is 48.5 Å². The zero-order valence-corrected chi connectivity index (χ0v) is 15.0. The van der Waals surface area contributed by atoms with E-state index in [9.17, 15) is 9.36 Å². The van der Waals surface area contributed by atoms with Crippen molar-refractivity contribution in [1.82, 2.24) is 4.67 Å². The van der Waals surface area contributed by atoms with Gasteiger partial charge in [0.15, 0.2) is 0 Å². The van der Waals surface area contributed by atoms with Gasteiger partial charge in [0, 0.05) is 22.5 Å². The number of carbonyl (C=O) groups is 1. The second-order valence-electron chi connectivity index (χ2n) is 5.84. The predicted octanol–water partition coefficient (Wildman–Crippen LogP) is 4.63. The molecule has 0 spiro atoms. The Labute approximate surface area is 140 Å². The summed E-state index contributed by atoms with van der Waals surface area (Å²) in [6.45, 7) is 5.42. The highest BCUT2D eigenvalue weighted by Gasteiger charge is 2.39. The molecule has 1 N–H and O–H groups in total. The minimum atomic E-state index is -2.92. The molecular weight excluding hydrogens is 327 g/mol. The lowest BCUT2D eigenvalue weighted by molar-refractivity contribution is 0.229. The van der Waals surface area contributed by atoms with Gasteiger partial charge in [-0.15, -0.1) is 0 Å². The summed E-state index contributed by atoms with van der Waals surface area (Å²) in [5, 5.41) is 3.56. The van der Waals surface area contributed by atoms with Crippen molar-refractivity contribution in [1.29, 1.82) is 0 Å². The van der Waals surface area contributed by atoms with Gasteiger partial charge in [0.25, 0.3) is 0 Å². The quantitative estimate of drug-likeness (QED) is 0.825. The van der Waals surface area contributed by atoms with Gasteiger partial charge in [-0.1, -0.05) is 30.0 Å². The van der Waals surface area contributed by atoms with Gasteiger partial charge < -0.3 is 5.32 Å². The number of nitrogens with one attached hydrogen (secondary N) is 1. The molecule has 6 heteroatoms. The van der Waals surface area contributed by atoms with Gasteiger partial charge in [0.1, 0.15) is 0 Å². The van der Waals surface area contributed by atoms with E-state index in [4.69, 9.17) is 0 Å². The number of fused-ring (bicyclic) bond motifs is 1. The van der Waals surface area contributed by atoms with Crippen molar-refractivity contribution >= 4 is 36.1 Å². The summed E-state index contributed by atoms with van der Waals surface area (Å²) < 4.78 is 14.8. The van der Waals surface area contributed by atoms with E-state index in [2.05, 4.69) is 5.32 Å². The number of benzene rings is 2. The lowest BCUT2D eigenvalue weighted by Crippen LogP contribution is -2.44. The first-order chi connectivity index (χ1) is 10.9. The molecule has 0 aliphatic carbocycles. The van der Waals surface area contributed by atoms with E-state index in [-0.39, 0.29) is 12.1 Å². The van der Waals surface area contributed by atoms with Crippen molar-refractivity contribution in [3.8, 4) is 0 Å². The van der Waals surface area contributed by atoms with Crippen molar-refractivity contribution in [2.24, 2.45) is 0 Å². The monoisotopic (exact) mass is 346 g/mol. The van der Waals surface area contributed by atoms with Crippen LogP contribution < -0.4 is 10.6 Å². The molecule has 2 aromatic rings. The van der Waals surface area contributed by atoms with E-state index in [0.29, 0.717) is 11.0 Å². The zero-order chi connectivity index (χ0) is 16.6. The molecule has 3 rings (SSSR count). The molecule has 0 radical (unpaired) electrons. The van der Waals surface area contributed by atoms with Crippen LogP contribution in [-0.4, -0.2) is 23.4 Å². The van der Waals surface area contributed by atoms with Crippen LogP contribution in [0.2, 0.25) is 0 Å². The molecule has 2 amide bonds. The van der Waals surface area contributed by atoms with Gasteiger partial charge >= 0.3 is 6.03 Å². The van der Waals surface area contributed by atoms with Crippen LogP contribution in [0.15, 0.2) is 58.3 Å². The third kappa shape index (κ3) is 3.04. The molecule has 4 nitrogen and oxygen atoms in total. The van der Waals surface area contributed by atoms with Crippen molar-refractivity contribution in [3.63, 3.8) is 0 Å². The minimum Gasteiger partial charge on any atom is -0.307 e. The Bertz CT molecular complexity index is 792. The molecule has 0 bridgehead atoms. The average molecular weight is 346 g/mol. The van der Waals surface area contributed by atoms with E-state index in [1.54, 1.807) is 18.4 Å². The molecule has 1 unspecified atom stereocenters. The number of nitrogens with zero attached hydrogens (tertiary/aromatic N) is 1. The molecule has 2 aromatic carbocycles. The third-order valence-electron chi connectivity index (χ3n) is 3.75. The first-order valence-electron chi connectivity index (χ1n) is 7.45. The van der Waals surface area contributed by atoms with Crippen LogP contribution in [0.1, 0.15) is 13.8 Å². The normalized spacial score (nSPS) is 20.3. The Morgan fingerprint density at radius 3 is 2.43 bits per heavy atom. The fourth-order valence-corrected chi connectivity index (χ4v) is 6.22. The first-order valence-corrected chi connectivity index (χ1v) is 10.4. The van der Waals surface area contributed by atoms with Crippen LogP contribution >= 0.6 is 19.1 Å². The Morgan fingerprint density at radius 2 is 1.78 bits per heavy atom. The van der Waals surface area contributed by atoms with Crippen LogP contribution in [0.3, 0.4) is 0 Å². The maximum atomic E-state index is 13.3. The molecule has 23 heavy (non-hydrogen) atoms. The molecule has 0 aromatic heterocycles. The predicted molar refractivity (Wildman–Crippen MR) is 96.2 cm³/mol. The van der Waals surface area contributed by atoms with Gasteiger partial charge in [-0.05, 0) is 44.2 Å². The molecule has 120 valence electrons. The molecule has 1 aliphatic rings. The van der Waals surface area contributed by atoms with E-state index in [1.165, 1.54) is 4.67 Å². The molecular formula is C17H19N2O2PS. The lowest BCUT2D eigenvalue weighted by atomic mass is 10.3. The second kappa shape index (κ2) is 6.06. The Morgan fingerprint density at radius 1 is 1.09 bits per heavy atom. The van der Waals surface area contributed by atoms with E-state index >= 15 is 0 Å². The number of anilines is 1. The summed E-state index contributed by atoms with van der Waals surface area (Å²) >= 11 is 1.62. The number of hydrogen-bond acceptors (Lipinski definition) is 3. The third-order valence-corrected chi connectivity index (χ3v) is 7.47. The summed E-state index contributed by atoms with van der Waals surface area (Å²) in [4.78, 5) is 14.4. The molecule has 0 saturated carbocycles. The first kappa shape index (κ1) is 16.2. The van der Waals surface area contributed by atoms with Crippen molar-refractivity contribution in [2.45, 2.75) is 29.7 Å². The van der Waals surface area contributed by atoms with Gasteiger partial charge in [-0.2, -0.15) is 0 Å². The molecule has 0 saturated heterocycles. The Hall–Kier alpha value is -1.71. The summed E-state index contributed by atoms with van der Waals surface area (Å²) in [5.74, 6) is 0. The summed E-state index contributed by atoms with van der Waals surface area (Å²) in [5.41, 5.74) is 0.648. The van der Waals surface area contributed by atoms with Crippen LogP contribution in [0, 0.1) is 0 Å². The highest BCUT2D eigenvalue weighted by molar-refractivity contribution is 7.99. The lowest BCUT2D eigenvalue weighted by Gasteiger charge is -2.37. The van der Waals surface area contributed by atoms with Crippen LogP contribution in [0.4, 0.5) is 10.5 Å². The van der Waals surface area contributed by atoms with E-state index in [0.717, 1.165) is 9.79 Å². The molecule has 1 atom stereocenters. The number of urea groups is 1. The van der Waals surface area contributed by atoms with Crippen LogP contribution in [0.25, 0.3) is 0 Å². The fraction of sp³-hybridized carbons (Fsp3) is 0.235. The van der Waals surface area contributed by atoms with Crippen molar-refractivity contribution < 1.29 is 9.36 Å². The molecule has 1 heterocycles. The smallest absolute Gasteiger partial charge is 0.307 e. The maximum absolute atomic E-state index is 13.3. The van der Waals surface area contributed by atoms with Gasteiger partial charge in [0.2, 0.25) is 7.29 Å². The van der Waals surface area contributed by atoms with Crippen molar-refractivity contribution in [2.75, 3.05) is 12.0 Å². The van der Waals surface area contributed by atoms with Gasteiger partial charge in [-0.25, -0.2) is 4.79 Å². The van der Waals surface area contributed by atoms with Crippen LogP contribution in [0.5, 0.6) is 0 Å². The van der Waals surface area contributed by atoms with Gasteiger partial charge in [0.05, 0.1) is 11.0 Å². The summed E-state index contributed by atoms with van der Waals surface area (Å²) in [7, 11) is -2.92. The molecule has 0 fully saturated rings. The number of hydrogen-bond donors (Lipinski definition) is 1. The SMILES string of the molecule is CC(C)N1C(=O)Nc2ccc(Sc3ccccc3)cc2P1(C)=O. The van der Waals surface area contributed by atoms with Gasteiger partial charge in [-0.3, -0.25) is 9.24 Å². The maximum Gasteiger partial charge on any atom is 0.327 e. The number of carbonyl (C=O) groups excluding carboxylic acids is 1. The average Bonchev–Trinajstić information content (AvgIpc) is 2.48. The minimum absolute atomic E-state index is 0.121. The largest absolute Gasteiger partial charge is 0.327 e. The molecule has 1 aliphatic heterocycles. The second-order valence-corrected chi connectivity index (χ2v) is 9.66. The highest BCUT2D eigenvalue weighted by atomic mass is 32.2. The van der Waals surface area contributed by atoms with Crippen LogP contribution in [-0.2, 0) is 4.57 Å². The van der Waals surface area contributed by atoms with E-state index in [1.807, 2.05) is 62.4 Å².